The number of phenols is 1. The molecule has 3 aliphatic heterocycles. The number of aromatic hydroxyl groups is 1. The predicted molar refractivity (Wildman–Crippen MR) is 106 cm³/mol. The second-order valence-corrected chi connectivity index (χ2v) is 7.31. The van der Waals surface area contributed by atoms with Crippen molar-refractivity contribution >= 4 is 5.71 Å². The second kappa shape index (κ2) is 6.17. The maximum absolute atomic E-state index is 9.61. The summed E-state index contributed by atoms with van der Waals surface area (Å²) in [5.74, 6) is 2.59. The van der Waals surface area contributed by atoms with E-state index in [0.29, 0.717) is 0 Å². The summed E-state index contributed by atoms with van der Waals surface area (Å²) >= 11 is 0. The third-order valence-electron chi connectivity index (χ3n) is 5.58. The highest BCUT2D eigenvalue weighted by molar-refractivity contribution is 6.02. The van der Waals surface area contributed by atoms with Crippen molar-refractivity contribution in [2.75, 3.05) is 6.79 Å². The molecular formula is C23H18N2O4. The van der Waals surface area contributed by atoms with Gasteiger partial charge in [0, 0.05) is 17.5 Å². The van der Waals surface area contributed by atoms with Gasteiger partial charge in [-0.3, -0.25) is 0 Å². The maximum Gasteiger partial charge on any atom is 0.231 e. The number of hydrazone groups is 1. The summed E-state index contributed by atoms with van der Waals surface area (Å²) in [6, 6.07) is 21.2. The maximum atomic E-state index is 9.61. The van der Waals surface area contributed by atoms with E-state index in [1.54, 1.807) is 12.1 Å². The summed E-state index contributed by atoms with van der Waals surface area (Å²) in [5, 5.41) is 16.6. The smallest absolute Gasteiger partial charge is 0.231 e. The van der Waals surface area contributed by atoms with E-state index in [4.69, 9.17) is 19.3 Å². The molecule has 6 heteroatoms. The SMILES string of the molecule is Oc1ccc(C2=NN3[C@H](C2)c2ccccc2O[C@@H]3c2ccc3c(c2)OCO3)cc1. The number of phenolic OH excluding ortho intramolecular Hbond substituents is 1. The quantitative estimate of drug-likeness (QED) is 0.709. The minimum absolute atomic E-state index is 0.0826. The molecule has 2 atom stereocenters. The molecule has 0 aromatic heterocycles. The number of hydrogen-bond acceptors (Lipinski definition) is 6. The van der Waals surface area contributed by atoms with Crippen LogP contribution in [-0.4, -0.2) is 22.6 Å². The first kappa shape index (κ1) is 16.3. The first-order valence-electron chi connectivity index (χ1n) is 9.56. The van der Waals surface area contributed by atoms with Gasteiger partial charge in [0.25, 0.3) is 0 Å². The Hall–Kier alpha value is -3.67. The van der Waals surface area contributed by atoms with E-state index < -0.39 is 0 Å². The van der Waals surface area contributed by atoms with Crippen molar-refractivity contribution < 1.29 is 19.3 Å². The van der Waals surface area contributed by atoms with Crippen LogP contribution >= 0.6 is 0 Å². The van der Waals surface area contributed by atoms with Gasteiger partial charge in [-0.1, -0.05) is 18.2 Å². The molecule has 6 rings (SSSR count). The lowest BCUT2D eigenvalue weighted by molar-refractivity contribution is -0.0191. The van der Waals surface area contributed by atoms with Crippen LogP contribution in [0.25, 0.3) is 0 Å². The molecule has 0 saturated heterocycles. The molecule has 0 bridgehead atoms. The van der Waals surface area contributed by atoms with Gasteiger partial charge in [0.1, 0.15) is 11.5 Å². The fourth-order valence-electron chi connectivity index (χ4n) is 4.15. The Labute approximate surface area is 167 Å². The van der Waals surface area contributed by atoms with Crippen molar-refractivity contribution in [2.45, 2.75) is 18.7 Å². The van der Waals surface area contributed by atoms with Crippen LogP contribution in [0.15, 0.2) is 71.8 Å². The molecule has 0 amide bonds. The standard InChI is InChI=1S/C23H18N2O4/c26-16-8-5-14(6-9-16)18-12-19-17-3-1-2-4-20(17)29-23(25(19)24-18)15-7-10-21-22(11-15)28-13-27-21/h1-11,19,23,26H,12-13H2/t19-,23-/m1/s1. The largest absolute Gasteiger partial charge is 0.508 e. The lowest BCUT2D eigenvalue weighted by Gasteiger charge is -2.38. The first-order valence-corrected chi connectivity index (χ1v) is 9.56. The van der Waals surface area contributed by atoms with E-state index in [2.05, 4.69) is 6.07 Å². The Balaban J connectivity index is 1.44. The van der Waals surface area contributed by atoms with E-state index in [9.17, 15) is 5.11 Å². The number of hydrogen-bond donors (Lipinski definition) is 1. The lowest BCUT2D eigenvalue weighted by atomic mass is 9.96. The van der Waals surface area contributed by atoms with Gasteiger partial charge in [0.2, 0.25) is 13.0 Å². The molecule has 3 aliphatic rings. The van der Waals surface area contributed by atoms with Gasteiger partial charge in [-0.2, -0.15) is 5.10 Å². The fourth-order valence-corrected chi connectivity index (χ4v) is 4.15. The first-order chi connectivity index (χ1) is 14.3. The molecule has 3 aromatic rings. The van der Waals surface area contributed by atoms with E-state index >= 15 is 0 Å². The van der Waals surface area contributed by atoms with Crippen LogP contribution in [0.1, 0.15) is 35.4 Å². The zero-order chi connectivity index (χ0) is 19.4. The number of para-hydroxylation sites is 1. The topological polar surface area (TPSA) is 63.5 Å². The fraction of sp³-hybridized carbons (Fsp3) is 0.174. The Morgan fingerprint density at radius 2 is 1.72 bits per heavy atom. The summed E-state index contributed by atoms with van der Waals surface area (Å²) in [4.78, 5) is 0. The molecule has 0 saturated carbocycles. The Kier molecular flexibility index (Phi) is 3.47. The minimum atomic E-state index is -0.362. The number of rotatable bonds is 2. The Morgan fingerprint density at radius 1 is 0.897 bits per heavy atom. The summed E-state index contributed by atoms with van der Waals surface area (Å²) in [5.41, 5.74) is 4.06. The van der Waals surface area contributed by atoms with Crippen molar-refractivity contribution in [2.24, 2.45) is 5.10 Å². The normalized spacial score (nSPS) is 21.2. The summed E-state index contributed by atoms with van der Waals surface area (Å²) in [6.45, 7) is 0.239. The van der Waals surface area contributed by atoms with Crippen LogP contribution in [0.4, 0.5) is 0 Å². The molecule has 0 radical (unpaired) electrons. The number of benzene rings is 3. The summed E-state index contributed by atoms with van der Waals surface area (Å²) < 4.78 is 17.4. The van der Waals surface area contributed by atoms with Crippen molar-refractivity contribution in [1.29, 1.82) is 0 Å². The average molecular weight is 386 g/mol. The molecule has 6 nitrogen and oxygen atoms in total. The molecular weight excluding hydrogens is 368 g/mol. The van der Waals surface area contributed by atoms with Crippen LogP contribution in [0.2, 0.25) is 0 Å². The van der Waals surface area contributed by atoms with Gasteiger partial charge in [-0.25, -0.2) is 5.01 Å². The zero-order valence-corrected chi connectivity index (χ0v) is 15.5. The van der Waals surface area contributed by atoms with Crippen molar-refractivity contribution in [3.05, 3.63) is 83.4 Å². The third-order valence-corrected chi connectivity index (χ3v) is 5.58. The molecule has 0 aliphatic carbocycles. The van der Waals surface area contributed by atoms with Gasteiger partial charge in [-0.15, -0.1) is 0 Å². The molecule has 0 fully saturated rings. The van der Waals surface area contributed by atoms with Crippen molar-refractivity contribution in [3.63, 3.8) is 0 Å². The highest BCUT2D eigenvalue weighted by Crippen LogP contribution is 2.48. The monoisotopic (exact) mass is 386 g/mol. The lowest BCUT2D eigenvalue weighted by Crippen LogP contribution is -2.33. The van der Waals surface area contributed by atoms with E-state index in [1.807, 2.05) is 53.5 Å². The molecule has 3 heterocycles. The highest BCUT2D eigenvalue weighted by Gasteiger charge is 2.41. The van der Waals surface area contributed by atoms with Crippen molar-refractivity contribution in [1.82, 2.24) is 5.01 Å². The highest BCUT2D eigenvalue weighted by atomic mass is 16.7. The molecule has 0 unspecified atom stereocenters. The Bertz CT molecular complexity index is 1130. The van der Waals surface area contributed by atoms with Crippen LogP contribution < -0.4 is 14.2 Å². The average Bonchev–Trinajstić information content (AvgIpc) is 3.40. The second-order valence-electron chi connectivity index (χ2n) is 7.31. The van der Waals surface area contributed by atoms with Gasteiger partial charge in [0.15, 0.2) is 11.5 Å². The minimum Gasteiger partial charge on any atom is -0.508 e. The number of ether oxygens (including phenoxy) is 3. The van der Waals surface area contributed by atoms with Gasteiger partial charge < -0.3 is 19.3 Å². The molecule has 0 spiro atoms. The third kappa shape index (κ3) is 2.60. The predicted octanol–water partition coefficient (Wildman–Crippen LogP) is 4.36. The zero-order valence-electron chi connectivity index (χ0n) is 15.5. The van der Waals surface area contributed by atoms with Gasteiger partial charge in [0.05, 0.1) is 11.8 Å². The van der Waals surface area contributed by atoms with Crippen molar-refractivity contribution in [3.8, 4) is 23.0 Å². The molecule has 3 aromatic carbocycles. The van der Waals surface area contributed by atoms with Crippen LogP contribution in [0, 0.1) is 0 Å². The molecule has 29 heavy (non-hydrogen) atoms. The van der Waals surface area contributed by atoms with E-state index in [-0.39, 0.29) is 24.8 Å². The molecule has 1 N–H and O–H groups in total. The number of fused-ring (bicyclic) bond motifs is 4. The van der Waals surface area contributed by atoms with Gasteiger partial charge in [-0.05, 0) is 54.1 Å². The van der Waals surface area contributed by atoms with Crippen LogP contribution in [0.3, 0.4) is 0 Å². The van der Waals surface area contributed by atoms with E-state index in [1.165, 1.54) is 0 Å². The summed E-state index contributed by atoms with van der Waals surface area (Å²) in [7, 11) is 0. The molecule has 144 valence electrons. The van der Waals surface area contributed by atoms with Crippen LogP contribution in [-0.2, 0) is 0 Å². The van der Waals surface area contributed by atoms with E-state index in [0.717, 1.165) is 46.1 Å². The summed E-state index contributed by atoms with van der Waals surface area (Å²) in [6.07, 6.45) is 0.408. The van der Waals surface area contributed by atoms with Crippen LogP contribution in [0.5, 0.6) is 23.0 Å². The number of nitrogens with zero attached hydrogens (tertiary/aromatic N) is 2. The Morgan fingerprint density at radius 3 is 2.62 bits per heavy atom. The van der Waals surface area contributed by atoms with Gasteiger partial charge >= 0.3 is 0 Å².